The fourth-order valence-corrected chi connectivity index (χ4v) is 2.47. The van der Waals surface area contributed by atoms with Gasteiger partial charge in [0.1, 0.15) is 6.23 Å². The van der Waals surface area contributed by atoms with Crippen molar-refractivity contribution in [2.24, 2.45) is 5.92 Å². The quantitative estimate of drug-likeness (QED) is 0.648. The highest BCUT2D eigenvalue weighted by molar-refractivity contribution is 4.67. The van der Waals surface area contributed by atoms with E-state index in [-0.39, 0.29) is 0 Å². The molecule has 1 heterocycles. The van der Waals surface area contributed by atoms with Gasteiger partial charge in [0.25, 0.3) is 0 Å². The number of rotatable bonds is 9. The Bertz CT molecular complexity index is 147. The molecule has 1 unspecified atom stereocenters. The predicted molar refractivity (Wildman–Crippen MR) is 69.5 cm³/mol. The molecular formula is C14H29NO. The van der Waals surface area contributed by atoms with Crippen molar-refractivity contribution in [1.29, 1.82) is 0 Å². The molecule has 0 aliphatic carbocycles. The Morgan fingerprint density at radius 2 is 1.81 bits per heavy atom. The Labute approximate surface area is 101 Å². The molecule has 1 N–H and O–H groups in total. The van der Waals surface area contributed by atoms with Crippen molar-refractivity contribution >= 4 is 0 Å². The summed E-state index contributed by atoms with van der Waals surface area (Å²) < 4.78 is 5.60. The zero-order valence-corrected chi connectivity index (χ0v) is 11.1. The standard InChI is InChI=1S/C14H29NO/c1-3-5-7-13(8-6-4-2)9-10-14-15-11-12-16-14/h13-15H,3-12H2,1-2H3. The number of hydrogen-bond acceptors (Lipinski definition) is 2. The van der Waals surface area contributed by atoms with E-state index >= 15 is 0 Å². The van der Waals surface area contributed by atoms with E-state index in [1.165, 1.54) is 51.4 Å². The lowest BCUT2D eigenvalue weighted by atomic mass is 9.91. The van der Waals surface area contributed by atoms with Crippen molar-refractivity contribution < 1.29 is 4.74 Å². The summed E-state index contributed by atoms with van der Waals surface area (Å²) in [5.74, 6) is 0.936. The molecule has 0 amide bonds. The van der Waals surface area contributed by atoms with Gasteiger partial charge >= 0.3 is 0 Å². The van der Waals surface area contributed by atoms with Gasteiger partial charge in [0.15, 0.2) is 0 Å². The van der Waals surface area contributed by atoms with Gasteiger partial charge in [0, 0.05) is 6.54 Å². The Hall–Kier alpha value is -0.0800. The highest BCUT2D eigenvalue weighted by atomic mass is 16.5. The van der Waals surface area contributed by atoms with E-state index in [9.17, 15) is 0 Å². The Morgan fingerprint density at radius 1 is 1.12 bits per heavy atom. The summed E-state index contributed by atoms with van der Waals surface area (Å²) in [5.41, 5.74) is 0. The van der Waals surface area contributed by atoms with Crippen LogP contribution in [0.3, 0.4) is 0 Å². The molecule has 0 aromatic heterocycles. The summed E-state index contributed by atoms with van der Waals surface area (Å²) in [4.78, 5) is 0. The highest BCUT2D eigenvalue weighted by Crippen LogP contribution is 2.22. The molecule has 2 heteroatoms. The van der Waals surface area contributed by atoms with Gasteiger partial charge in [-0.1, -0.05) is 52.4 Å². The molecular weight excluding hydrogens is 198 g/mol. The number of unbranched alkanes of at least 4 members (excludes halogenated alkanes) is 2. The molecule has 96 valence electrons. The van der Waals surface area contributed by atoms with Crippen LogP contribution in [-0.4, -0.2) is 19.4 Å². The fourth-order valence-electron chi connectivity index (χ4n) is 2.47. The number of ether oxygens (including phenoxy) is 1. The lowest BCUT2D eigenvalue weighted by Gasteiger charge is -2.18. The summed E-state index contributed by atoms with van der Waals surface area (Å²) >= 11 is 0. The molecule has 1 saturated heterocycles. The second-order valence-corrected chi connectivity index (χ2v) is 5.04. The first-order valence-corrected chi connectivity index (χ1v) is 7.21. The molecule has 16 heavy (non-hydrogen) atoms. The van der Waals surface area contributed by atoms with Crippen LogP contribution in [0.1, 0.15) is 65.2 Å². The topological polar surface area (TPSA) is 21.3 Å². The van der Waals surface area contributed by atoms with Gasteiger partial charge in [-0.15, -0.1) is 0 Å². The van der Waals surface area contributed by atoms with E-state index in [2.05, 4.69) is 19.2 Å². The van der Waals surface area contributed by atoms with E-state index in [0.717, 1.165) is 19.1 Å². The molecule has 1 aliphatic heterocycles. The molecule has 0 saturated carbocycles. The molecule has 1 aliphatic rings. The van der Waals surface area contributed by atoms with E-state index in [0.29, 0.717) is 6.23 Å². The average molecular weight is 227 g/mol. The van der Waals surface area contributed by atoms with Crippen molar-refractivity contribution in [2.45, 2.75) is 71.4 Å². The molecule has 0 bridgehead atoms. The maximum absolute atomic E-state index is 5.60. The highest BCUT2D eigenvalue weighted by Gasteiger charge is 2.16. The van der Waals surface area contributed by atoms with E-state index < -0.39 is 0 Å². The SMILES string of the molecule is CCCCC(CCCC)CCC1NCCO1. The third-order valence-corrected chi connectivity index (χ3v) is 3.56. The lowest BCUT2D eigenvalue weighted by Crippen LogP contribution is -2.23. The zero-order chi connectivity index (χ0) is 11.6. The molecule has 2 nitrogen and oxygen atoms in total. The third-order valence-electron chi connectivity index (χ3n) is 3.56. The van der Waals surface area contributed by atoms with Gasteiger partial charge in [-0.2, -0.15) is 0 Å². The second-order valence-electron chi connectivity index (χ2n) is 5.04. The van der Waals surface area contributed by atoms with Crippen LogP contribution < -0.4 is 5.32 Å². The third kappa shape index (κ3) is 5.86. The van der Waals surface area contributed by atoms with Gasteiger partial charge < -0.3 is 4.74 Å². The van der Waals surface area contributed by atoms with E-state index in [1.807, 2.05) is 0 Å². The monoisotopic (exact) mass is 227 g/mol. The largest absolute Gasteiger partial charge is 0.362 e. The van der Waals surface area contributed by atoms with Gasteiger partial charge in [-0.3, -0.25) is 5.32 Å². The average Bonchev–Trinajstić information content (AvgIpc) is 2.81. The first-order valence-electron chi connectivity index (χ1n) is 7.21. The summed E-state index contributed by atoms with van der Waals surface area (Å²) in [7, 11) is 0. The van der Waals surface area contributed by atoms with Crippen LogP contribution in [-0.2, 0) is 4.74 Å². The molecule has 0 aromatic rings. The van der Waals surface area contributed by atoms with Crippen molar-refractivity contribution in [1.82, 2.24) is 5.32 Å². The molecule has 1 rings (SSSR count). The summed E-state index contributed by atoms with van der Waals surface area (Å²) in [6.07, 6.45) is 11.2. The minimum atomic E-state index is 0.353. The van der Waals surface area contributed by atoms with Crippen molar-refractivity contribution in [3.8, 4) is 0 Å². The molecule has 0 aromatic carbocycles. The zero-order valence-electron chi connectivity index (χ0n) is 11.1. The van der Waals surface area contributed by atoms with Crippen molar-refractivity contribution in [2.75, 3.05) is 13.2 Å². The Balaban J connectivity index is 2.13. The molecule has 0 spiro atoms. The first kappa shape index (κ1) is 14.0. The van der Waals surface area contributed by atoms with Crippen molar-refractivity contribution in [3.63, 3.8) is 0 Å². The van der Waals surface area contributed by atoms with Gasteiger partial charge in [-0.25, -0.2) is 0 Å². The smallest absolute Gasteiger partial charge is 0.108 e. The van der Waals surface area contributed by atoms with Crippen LogP contribution in [0, 0.1) is 5.92 Å². The molecule has 1 atom stereocenters. The van der Waals surface area contributed by atoms with Crippen LogP contribution in [0.2, 0.25) is 0 Å². The van der Waals surface area contributed by atoms with Crippen LogP contribution in [0.15, 0.2) is 0 Å². The number of nitrogens with one attached hydrogen (secondary N) is 1. The van der Waals surface area contributed by atoms with E-state index in [4.69, 9.17) is 4.74 Å². The molecule has 0 radical (unpaired) electrons. The fraction of sp³-hybridized carbons (Fsp3) is 1.00. The van der Waals surface area contributed by atoms with Crippen LogP contribution >= 0.6 is 0 Å². The van der Waals surface area contributed by atoms with Crippen LogP contribution in [0.4, 0.5) is 0 Å². The molecule has 1 fully saturated rings. The Kier molecular flexibility index (Phi) is 7.87. The number of hydrogen-bond donors (Lipinski definition) is 1. The minimum Gasteiger partial charge on any atom is -0.362 e. The van der Waals surface area contributed by atoms with Crippen LogP contribution in [0.5, 0.6) is 0 Å². The van der Waals surface area contributed by atoms with E-state index in [1.54, 1.807) is 0 Å². The Morgan fingerprint density at radius 3 is 2.31 bits per heavy atom. The summed E-state index contributed by atoms with van der Waals surface area (Å²) in [6.45, 7) is 6.52. The van der Waals surface area contributed by atoms with Crippen molar-refractivity contribution in [3.05, 3.63) is 0 Å². The first-order chi connectivity index (χ1) is 7.86. The van der Waals surface area contributed by atoms with Gasteiger partial charge in [0.05, 0.1) is 6.61 Å². The normalized spacial score (nSPS) is 20.8. The lowest BCUT2D eigenvalue weighted by molar-refractivity contribution is 0.0870. The minimum absolute atomic E-state index is 0.353. The maximum atomic E-state index is 5.60. The summed E-state index contributed by atoms with van der Waals surface area (Å²) in [5, 5.41) is 3.40. The van der Waals surface area contributed by atoms with Gasteiger partial charge in [0.2, 0.25) is 0 Å². The van der Waals surface area contributed by atoms with Crippen LogP contribution in [0.25, 0.3) is 0 Å². The predicted octanol–water partition coefficient (Wildman–Crippen LogP) is 3.71. The second kappa shape index (κ2) is 9.00. The summed E-state index contributed by atoms with van der Waals surface area (Å²) in [6, 6.07) is 0. The maximum Gasteiger partial charge on any atom is 0.108 e. The van der Waals surface area contributed by atoms with Gasteiger partial charge in [-0.05, 0) is 18.8 Å².